The fraction of sp³-hybridized carbons (Fsp3) is 0.500. The summed E-state index contributed by atoms with van der Waals surface area (Å²) in [6.45, 7) is 1.44. The molecule has 1 heterocycles. The zero-order valence-electron chi connectivity index (χ0n) is 13.9. The van der Waals surface area contributed by atoms with Gasteiger partial charge in [0.15, 0.2) is 0 Å². The van der Waals surface area contributed by atoms with Crippen LogP contribution in [0.3, 0.4) is 0 Å². The van der Waals surface area contributed by atoms with E-state index in [4.69, 9.17) is 0 Å². The molecular weight excluding hydrogens is 306 g/mol. The molecule has 1 saturated carbocycles. The first-order chi connectivity index (χ1) is 11.5. The van der Waals surface area contributed by atoms with E-state index in [2.05, 4.69) is 10.6 Å². The van der Waals surface area contributed by atoms with Crippen molar-refractivity contribution in [1.82, 2.24) is 15.5 Å². The third-order valence-corrected chi connectivity index (χ3v) is 4.90. The summed E-state index contributed by atoms with van der Waals surface area (Å²) in [7, 11) is 0. The van der Waals surface area contributed by atoms with E-state index in [1.807, 2.05) is 18.2 Å². The van der Waals surface area contributed by atoms with Crippen LogP contribution >= 0.6 is 0 Å². The Balaban J connectivity index is 1.67. The number of rotatable bonds is 4. The molecule has 6 nitrogen and oxygen atoms in total. The Morgan fingerprint density at radius 1 is 1.21 bits per heavy atom. The van der Waals surface area contributed by atoms with Crippen molar-refractivity contribution in [2.75, 3.05) is 6.54 Å². The van der Waals surface area contributed by atoms with Crippen LogP contribution in [0.2, 0.25) is 0 Å². The smallest absolute Gasteiger partial charge is 0.325 e. The molecule has 1 aromatic carbocycles. The van der Waals surface area contributed by atoms with E-state index in [1.165, 1.54) is 6.42 Å². The van der Waals surface area contributed by atoms with Gasteiger partial charge in [-0.3, -0.25) is 14.5 Å². The minimum atomic E-state index is -1.12. The lowest BCUT2D eigenvalue weighted by Gasteiger charge is -2.24. The number of nitrogens with zero attached hydrogens (tertiary/aromatic N) is 1. The van der Waals surface area contributed by atoms with Crippen molar-refractivity contribution in [3.63, 3.8) is 0 Å². The van der Waals surface area contributed by atoms with Gasteiger partial charge in [-0.2, -0.15) is 0 Å². The predicted molar refractivity (Wildman–Crippen MR) is 89.1 cm³/mol. The van der Waals surface area contributed by atoms with Crippen LogP contribution in [-0.4, -0.2) is 35.3 Å². The molecule has 24 heavy (non-hydrogen) atoms. The largest absolute Gasteiger partial charge is 0.352 e. The average Bonchev–Trinajstić information content (AvgIpc) is 2.81. The lowest BCUT2D eigenvalue weighted by molar-refractivity contribution is -0.135. The van der Waals surface area contributed by atoms with E-state index >= 15 is 0 Å². The zero-order valence-corrected chi connectivity index (χ0v) is 13.9. The fourth-order valence-corrected chi connectivity index (χ4v) is 3.47. The molecule has 1 aliphatic heterocycles. The van der Waals surface area contributed by atoms with E-state index in [9.17, 15) is 14.4 Å². The van der Waals surface area contributed by atoms with Crippen LogP contribution in [0.1, 0.15) is 44.6 Å². The molecule has 0 aromatic heterocycles. The van der Waals surface area contributed by atoms with Crippen LogP contribution in [0.5, 0.6) is 0 Å². The summed E-state index contributed by atoms with van der Waals surface area (Å²) in [4.78, 5) is 38.2. The van der Waals surface area contributed by atoms with Gasteiger partial charge in [0, 0.05) is 6.04 Å². The summed E-state index contributed by atoms with van der Waals surface area (Å²) in [5, 5.41) is 5.65. The van der Waals surface area contributed by atoms with Crippen LogP contribution in [0.25, 0.3) is 0 Å². The highest BCUT2D eigenvalue weighted by Gasteiger charge is 2.49. The normalized spacial score (nSPS) is 24.8. The van der Waals surface area contributed by atoms with Gasteiger partial charge in [0.2, 0.25) is 5.91 Å². The summed E-state index contributed by atoms with van der Waals surface area (Å²) in [5.74, 6) is -0.666. The molecule has 3 rings (SSSR count). The number of urea groups is 1. The highest BCUT2D eigenvalue weighted by Crippen LogP contribution is 2.28. The number of hydrogen-bond donors (Lipinski definition) is 2. The Morgan fingerprint density at radius 2 is 1.88 bits per heavy atom. The Hall–Kier alpha value is -2.37. The minimum absolute atomic E-state index is 0.160. The zero-order chi connectivity index (χ0) is 17.2. The van der Waals surface area contributed by atoms with Crippen molar-refractivity contribution in [3.8, 4) is 0 Å². The van der Waals surface area contributed by atoms with E-state index in [-0.39, 0.29) is 18.5 Å². The summed E-state index contributed by atoms with van der Waals surface area (Å²) in [5.41, 5.74) is -0.415. The summed E-state index contributed by atoms with van der Waals surface area (Å²) in [6.07, 6.45) is 5.36. The highest BCUT2D eigenvalue weighted by molar-refractivity contribution is 6.09. The van der Waals surface area contributed by atoms with Gasteiger partial charge in [-0.25, -0.2) is 4.79 Å². The van der Waals surface area contributed by atoms with Gasteiger partial charge < -0.3 is 10.6 Å². The second-order valence-corrected chi connectivity index (χ2v) is 6.71. The molecule has 1 aliphatic carbocycles. The van der Waals surface area contributed by atoms with Crippen LogP contribution in [-0.2, 0) is 15.1 Å². The molecule has 1 unspecified atom stereocenters. The molecular formula is C18H23N3O3. The maximum atomic E-state index is 12.7. The first kappa shape index (κ1) is 16.5. The van der Waals surface area contributed by atoms with Crippen LogP contribution < -0.4 is 10.6 Å². The topological polar surface area (TPSA) is 78.5 Å². The van der Waals surface area contributed by atoms with Crippen molar-refractivity contribution in [1.29, 1.82) is 0 Å². The second kappa shape index (κ2) is 6.63. The van der Waals surface area contributed by atoms with E-state index in [0.717, 1.165) is 30.6 Å². The average molecular weight is 329 g/mol. The van der Waals surface area contributed by atoms with Gasteiger partial charge in [-0.05, 0) is 25.3 Å². The summed E-state index contributed by atoms with van der Waals surface area (Å²) >= 11 is 0. The second-order valence-electron chi connectivity index (χ2n) is 6.71. The SMILES string of the molecule is CC1(c2ccccc2)NC(=O)N(CC(=O)NC2CCCCC2)C1=O. The first-order valence-corrected chi connectivity index (χ1v) is 8.50. The molecule has 1 atom stereocenters. The predicted octanol–water partition coefficient (Wildman–Crippen LogP) is 1.90. The molecule has 1 aromatic rings. The minimum Gasteiger partial charge on any atom is -0.352 e. The van der Waals surface area contributed by atoms with Crippen molar-refractivity contribution >= 4 is 17.8 Å². The third kappa shape index (κ3) is 3.13. The molecule has 6 heteroatoms. The van der Waals surface area contributed by atoms with Gasteiger partial charge in [-0.1, -0.05) is 49.6 Å². The third-order valence-electron chi connectivity index (χ3n) is 4.90. The van der Waals surface area contributed by atoms with E-state index in [0.29, 0.717) is 5.56 Å². The number of benzene rings is 1. The molecule has 2 fully saturated rings. The van der Waals surface area contributed by atoms with Crippen molar-refractivity contribution in [2.45, 2.75) is 50.6 Å². The number of carbonyl (C=O) groups is 3. The first-order valence-electron chi connectivity index (χ1n) is 8.50. The van der Waals surface area contributed by atoms with Crippen molar-refractivity contribution < 1.29 is 14.4 Å². The van der Waals surface area contributed by atoms with Crippen LogP contribution in [0.15, 0.2) is 30.3 Å². The molecule has 2 aliphatic rings. The summed E-state index contributed by atoms with van der Waals surface area (Å²) < 4.78 is 0. The molecule has 0 radical (unpaired) electrons. The Labute approximate surface area is 141 Å². The Bertz CT molecular complexity index is 640. The van der Waals surface area contributed by atoms with Gasteiger partial charge in [0.1, 0.15) is 12.1 Å². The number of imide groups is 1. The molecule has 4 amide bonds. The maximum absolute atomic E-state index is 12.7. The van der Waals surface area contributed by atoms with Gasteiger partial charge in [0.05, 0.1) is 0 Å². The van der Waals surface area contributed by atoms with E-state index in [1.54, 1.807) is 19.1 Å². The Morgan fingerprint density at radius 3 is 2.54 bits per heavy atom. The van der Waals surface area contributed by atoms with Crippen LogP contribution in [0.4, 0.5) is 4.79 Å². The lowest BCUT2D eigenvalue weighted by Crippen LogP contribution is -2.45. The lowest BCUT2D eigenvalue weighted by atomic mass is 9.92. The standard InChI is InChI=1S/C18H23N3O3/c1-18(13-8-4-2-5-9-13)16(23)21(17(24)20-18)12-15(22)19-14-10-6-3-7-11-14/h2,4-5,8-9,14H,3,6-7,10-12H2,1H3,(H,19,22)(H,20,24). The Kier molecular flexibility index (Phi) is 4.55. The maximum Gasteiger partial charge on any atom is 0.325 e. The number of carbonyl (C=O) groups excluding carboxylic acids is 3. The quantitative estimate of drug-likeness (QED) is 0.828. The molecule has 128 valence electrons. The molecule has 0 spiro atoms. The summed E-state index contributed by atoms with van der Waals surface area (Å²) in [6, 6.07) is 8.71. The fourth-order valence-electron chi connectivity index (χ4n) is 3.47. The number of nitrogens with one attached hydrogen (secondary N) is 2. The van der Waals surface area contributed by atoms with E-state index < -0.39 is 17.5 Å². The number of hydrogen-bond acceptors (Lipinski definition) is 3. The van der Waals surface area contributed by atoms with Crippen molar-refractivity contribution in [2.24, 2.45) is 0 Å². The monoisotopic (exact) mass is 329 g/mol. The molecule has 2 N–H and O–H groups in total. The molecule has 0 bridgehead atoms. The van der Waals surface area contributed by atoms with Gasteiger partial charge >= 0.3 is 6.03 Å². The molecule has 1 saturated heterocycles. The van der Waals surface area contributed by atoms with Crippen LogP contribution in [0, 0.1) is 0 Å². The van der Waals surface area contributed by atoms with Gasteiger partial charge in [-0.15, -0.1) is 0 Å². The van der Waals surface area contributed by atoms with Gasteiger partial charge in [0.25, 0.3) is 5.91 Å². The number of amides is 4. The van der Waals surface area contributed by atoms with Crippen molar-refractivity contribution in [3.05, 3.63) is 35.9 Å². The highest BCUT2D eigenvalue weighted by atomic mass is 16.2.